The van der Waals surface area contributed by atoms with E-state index in [2.05, 4.69) is 17.3 Å². The van der Waals surface area contributed by atoms with Crippen LogP contribution in [0.25, 0.3) is 0 Å². The Bertz CT molecular complexity index is 101. The molecule has 2 aliphatic heterocycles. The van der Waals surface area contributed by atoms with Crippen LogP contribution in [0.15, 0.2) is 0 Å². The van der Waals surface area contributed by atoms with Gasteiger partial charge in [0.2, 0.25) is 0 Å². The normalized spacial score (nSPS) is 46.1. The topological polar surface area (TPSA) is 24.5 Å². The van der Waals surface area contributed by atoms with Gasteiger partial charge in [-0.05, 0) is 7.05 Å². The molecule has 0 saturated carbocycles. The minimum atomic E-state index is 0.347. The van der Waals surface area contributed by atoms with Gasteiger partial charge in [0, 0.05) is 0 Å². The largest absolute Gasteiger partial charge is 0.360 e. The van der Waals surface area contributed by atoms with Crippen LogP contribution in [0.3, 0.4) is 0 Å². The molecule has 3 nitrogen and oxygen atoms in total. The number of likely N-dealkylation sites (N-methyl/N-ethyl adjacent to an activating group) is 1. The highest BCUT2D eigenvalue weighted by Crippen LogP contribution is 2.19. The first-order valence-corrected chi connectivity index (χ1v) is 2.93. The molecule has 2 atom stereocenters. The van der Waals surface area contributed by atoms with Gasteiger partial charge in [-0.25, -0.2) is 0 Å². The van der Waals surface area contributed by atoms with E-state index in [4.69, 9.17) is 4.74 Å². The van der Waals surface area contributed by atoms with E-state index >= 15 is 0 Å². The summed E-state index contributed by atoms with van der Waals surface area (Å²) in [7, 11) is 2.11. The van der Waals surface area contributed by atoms with E-state index in [1.165, 1.54) is 0 Å². The van der Waals surface area contributed by atoms with Crippen molar-refractivity contribution in [3.05, 3.63) is 0 Å². The fourth-order valence-electron chi connectivity index (χ4n) is 1.18. The molecular weight excluding hydrogens is 104 g/mol. The maximum absolute atomic E-state index is 5.17. The van der Waals surface area contributed by atoms with E-state index in [9.17, 15) is 0 Å². The fourth-order valence-corrected chi connectivity index (χ4v) is 1.18. The van der Waals surface area contributed by atoms with Crippen LogP contribution in [0.1, 0.15) is 0 Å². The van der Waals surface area contributed by atoms with Crippen molar-refractivity contribution >= 4 is 0 Å². The number of rotatable bonds is 0. The lowest BCUT2D eigenvalue weighted by Gasteiger charge is -2.32. The third-order valence-electron chi connectivity index (χ3n) is 1.90. The molecule has 46 valence electrons. The molecular formula is C5H10N2O. The van der Waals surface area contributed by atoms with Gasteiger partial charge in [-0.2, -0.15) is 0 Å². The lowest BCUT2D eigenvalue weighted by atomic mass is 10.2. The van der Waals surface area contributed by atoms with Gasteiger partial charge >= 0.3 is 0 Å². The van der Waals surface area contributed by atoms with E-state index in [0.29, 0.717) is 12.3 Å². The lowest BCUT2D eigenvalue weighted by Crippen LogP contribution is -2.50. The molecule has 2 unspecified atom stereocenters. The monoisotopic (exact) mass is 114 g/mol. The molecule has 0 aromatic carbocycles. The van der Waals surface area contributed by atoms with E-state index in [-0.39, 0.29) is 0 Å². The van der Waals surface area contributed by atoms with E-state index in [0.717, 1.165) is 13.3 Å². The SMILES string of the molecule is CN1CNC2OCC21. The third-order valence-corrected chi connectivity index (χ3v) is 1.90. The Balaban J connectivity index is 2.05. The van der Waals surface area contributed by atoms with Crippen LogP contribution in [0.4, 0.5) is 0 Å². The Morgan fingerprint density at radius 1 is 1.75 bits per heavy atom. The molecule has 2 saturated heterocycles. The highest BCUT2D eigenvalue weighted by molar-refractivity contribution is 4.89. The average Bonchev–Trinajstić information content (AvgIpc) is 1.80. The summed E-state index contributed by atoms with van der Waals surface area (Å²) in [6, 6.07) is 0.662. The highest BCUT2D eigenvalue weighted by Gasteiger charge is 2.39. The van der Waals surface area contributed by atoms with Crippen molar-refractivity contribution < 1.29 is 4.74 Å². The van der Waals surface area contributed by atoms with Crippen molar-refractivity contribution in [1.29, 1.82) is 0 Å². The molecule has 0 aromatic rings. The molecule has 0 bridgehead atoms. The average molecular weight is 114 g/mol. The Morgan fingerprint density at radius 3 is 2.88 bits per heavy atom. The number of nitrogens with one attached hydrogen (secondary N) is 1. The summed E-state index contributed by atoms with van der Waals surface area (Å²) in [5.41, 5.74) is 0. The summed E-state index contributed by atoms with van der Waals surface area (Å²) >= 11 is 0. The van der Waals surface area contributed by atoms with Crippen molar-refractivity contribution in [3.8, 4) is 0 Å². The first-order chi connectivity index (χ1) is 3.88. The molecule has 0 aromatic heterocycles. The molecule has 0 radical (unpaired) electrons. The molecule has 3 heteroatoms. The summed E-state index contributed by atoms with van der Waals surface area (Å²) in [6.45, 7) is 1.89. The third kappa shape index (κ3) is 0.438. The Morgan fingerprint density at radius 2 is 2.62 bits per heavy atom. The van der Waals surface area contributed by atoms with Crippen LogP contribution in [0, 0.1) is 0 Å². The van der Waals surface area contributed by atoms with E-state index in [1.807, 2.05) is 0 Å². The second-order valence-corrected chi connectivity index (χ2v) is 2.44. The van der Waals surface area contributed by atoms with Crippen LogP contribution in [0.2, 0.25) is 0 Å². The van der Waals surface area contributed by atoms with Crippen LogP contribution in [-0.4, -0.2) is 37.5 Å². The van der Waals surface area contributed by atoms with Crippen LogP contribution >= 0.6 is 0 Å². The van der Waals surface area contributed by atoms with Gasteiger partial charge in [0.25, 0.3) is 0 Å². The van der Waals surface area contributed by atoms with Gasteiger partial charge in [0.05, 0.1) is 19.3 Å². The van der Waals surface area contributed by atoms with Crippen LogP contribution < -0.4 is 5.32 Å². The van der Waals surface area contributed by atoms with Gasteiger partial charge < -0.3 is 4.74 Å². The fraction of sp³-hybridized carbons (Fsp3) is 1.00. The quantitative estimate of drug-likeness (QED) is 0.446. The van der Waals surface area contributed by atoms with Crippen molar-refractivity contribution in [2.45, 2.75) is 12.3 Å². The molecule has 2 fully saturated rings. The predicted molar refractivity (Wildman–Crippen MR) is 29.3 cm³/mol. The van der Waals surface area contributed by atoms with Gasteiger partial charge in [0.15, 0.2) is 0 Å². The Hall–Kier alpha value is -0.120. The number of hydrogen-bond acceptors (Lipinski definition) is 3. The summed E-state index contributed by atoms with van der Waals surface area (Å²) in [4.78, 5) is 2.27. The second kappa shape index (κ2) is 1.43. The van der Waals surface area contributed by atoms with Gasteiger partial charge in [-0.15, -0.1) is 0 Å². The summed E-state index contributed by atoms with van der Waals surface area (Å²) in [6.07, 6.45) is 0.347. The van der Waals surface area contributed by atoms with Gasteiger partial charge in [-0.3, -0.25) is 10.2 Å². The van der Waals surface area contributed by atoms with Gasteiger partial charge in [-0.1, -0.05) is 0 Å². The number of ether oxygens (including phenoxy) is 1. The minimum absolute atomic E-state index is 0.347. The number of nitrogens with zero attached hydrogens (tertiary/aromatic N) is 1. The zero-order valence-corrected chi connectivity index (χ0v) is 4.92. The predicted octanol–water partition coefficient (Wildman–Crippen LogP) is -0.796. The summed E-state index contributed by atoms with van der Waals surface area (Å²) < 4.78 is 5.17. The number of hydrogen-bond donors (Lipinski definition) is 1. The lowest BCUT2D eigenvalue weighted by molar-refractivity contribution is -0.0981. The van der Waals surface area contributed by atoms with Gasteiger partial charge in [0.1, 0.15) is 6.23 Å². The zero-order valence-electron chi connectivity index (χ0n) is 4.92. The van der Waals surface area contributed by atoms with E-state index < -0.39 is 0 Å². The van der Waals surface area contributed by atoms with Crippen LogP contribution in [0.5, 0.6) is 0 Å². The molecule has 0 aliphatic carbocycles. The highest BCUT2D eigenvalue weighted by atomic mass is 16.5. The smallest absolute Gasteiger partial charge is 0.127 e. The Kier molecular flexibility index (Phi) is 0.848. The summed E-state index contributed by atoms with van der Waals surface area (Å²) in [5, 5.41) is 3.21. The molecule has 0 spiro atoms. The number of fused-ring (bicyclic) bond motifs is 1. The standard InChI is InChI=1S/C5H10N2O/c1-7-3-6-5-4(7)2-8-5/h4-6H,2-3H2,1H3. The maximum Gasteiger partial charge on any atom is 0.127 e. The van der Waals surface area contributed by atoms with Crippen molar-refractivity contribution in [1.82, 2.24) is 10.2 Å². The van der Waals surface area contributed by atoms with Crippen LogP contribution in [-0.2, 0) is 4.74 Å². The molecule has 1 N–H and O–H groups in total. The minimum Gasteiger partial charge on any atom is -0.360 e. The summed E-state index contributed by atoms with van der Waals surface area (Å²) in [5.74, 6) is 0. The van der Waals surface area contributed by atoms with Crippen molar-refractivity contribution in [2.24, 2.45) is 0 Å². The Labute approximate surface area is 48.6 Å². The first kappa shape index (κ1) is 4.73. The first-order valence-electron chi connectivity index (χ1n) is 2.93. The van der Waals surface area contributed by atoms with Crippen molar-refractivity contribution in [3.63, 3.8) is 0 Å². The molecule has 2 rings (SSSR count). The van der Waals surface area contributed by atoms with E-state index in [1.54, 1.807) is 0 Å². The second-order valence-electron chi connectivity index (χ2n) is 2.44. The molecule has 2 aliphatic rings. The molecule has 8 heavy (non-hydrogen) atoms. The zero-order chi connectivity index (χ0) is 5.56. The maximum atomic E-state index is 5.17. The molecule has 2 heterocycles. The van der Waals surface area contributed by atoms with Crippen molar-refractivity contribution in [2.75, 3.05) is 20.3 Å². The molecule has 0 amide bonds.